The van der Waals surface area contributed by atoms with Crippen molar-refractivity contribution in [2.24, 2.45) is 0 Å². The highest BCUT2D eigenvalue weighted by molar-refractivity contribution is 9.10. The highest BCUT2D eigenvalue weighted by atomic mass is 79.9. The van der Waals surface area contributed by atoms with Gasteiger partial charge in [-0.25, -0.2) is 0 Å². The Morgan fingerprint density at radius 3 is 2.69 bits per heavy atom. The van der Waals surface area contributed by atoms with E-state index in [1.807, 2.05) is 13.8 Å². The Hall–Kier alpha value is -1.10. The van der Waals surface area contributed by atoms with Gasteiger partial charge in [-0.3, -0.25) is 9.59 Å². The molecule has 1 aromatic heterocycles. The number of halogens is 1. The van der Waals surface area contributed by atoms with Gasteiger partial charge in [0, 0.05) is 29.8 Å². The highest BCUT2D eigenvalue weighted by Gasteiger charge is 2.12. The third kappa shape index (κ3) is 3.20. The average Bonchev–Trinajstić information content (AvgIpc) is 2.22. The number of amides is 1. The van der Waals surface area contributed by atoms with E-state index in [4.69, 9.17) is 0 Å². The molecule has 1 aromatic rings. The number of nitrogens with zero attached hydrogens (tertiary/aromatic N) is 2. The molecular weight excluding hydrogens is 272 g/mol. The van der Waals surface area contributed by atoms with Gasteiger partial charge in [-0.15, -0.1) is 0 Å². The normalized spacial score (nSPS) is 10.6. The fourth-order valence-electron chi connectivity index (χ4n) is 1.17. The molecule has 16 heavy (non-hydrogen) atoms. The first-order valence-electron chi connectivity index (χ1n) is 5.03. The summed E-state index contributed by atoms with van der Waals surface area (Å²) in [6, 6.07) is 3.23. The van der Waals surface area contributed by atoms with Crippen LogP contribution < -0.4 is 5.56 Å². The van der Waals surface area contributed by atoms with E-state index in [1.54, 1.807) is 24.2 Å². The summed E-state index contributed by atoms with van der Waals surface area (Å²) in [5.74, 6) is -0.0739. The summed E-state index contributed by atoms with van der Waals surface area (Å²) in [5, 5.41) is 0. The third-order valence-corrected chi connectivity index (χ3v) is 2.89. The molecule has 5 heteroatoms. The molecule has 0 saturated carbocycles. The number of carbonyl (C=O) groups excluding carboxylic acids is 1. The van der Waals surface area contributed by atoms with E-state index in [9.17, 15) is 9.59 Å². The number of hydrogen-bond donors (Lipinski definition) is 0. The van der Waals surface area contributed by atoms with Crippen molar-refractivity contribution in [1.29, 1.82) is 0 Å². The van der Waals surface area contributed by atoms with Crippen molar-refractivity contribution in [3.05, 3.63) is 33.2 Å². The average molecular weight is 287 g/mol. The predicted molar refractivity (Wildman–Crippen MR) is 66.3 cm³/mol. The van der Waals surface area contributed by atoms with Gasteiger partial charge in [0.1, 0.15) is 6.54 Å². The molecule has 1 heterocycles. The fraction of sp³-hybridized carbons (Fsp3) is 0.455. The lowest BCUT2D eigenvalue weighted by Gasteiger charge is -2.21. The van der Waals surface area contributed by atoms with Crippen LogP contribution in [0.15, 0.2) is 27.6 Å². The van der Waals surface area contributed by atoms with Gasteiger partial charge >= 0.3 is 0 Å². The minimum Gasteiger partial charge on any atom is -0.342 e. The second-order valence-electron chi connectivity index (χ2n) is 3.91. The van der Waals surface area contributed by atoms with Crippen LogP contribution in [0.5, 0.6) is 0 Å². The van der Waals surface area contributed by atoms with E-state index in [2.05, 4.69) is 15.9 Å². The predicted octanol–water partition coefficient (Wildman–Crippen LogP) is 1.48. The summed E-state index contributed by atoms with van der Waals surface area (Å²) in [7, 11) is 1.73. The maximum atomic E-state index is 11.8. The van der Waals surface area contributed by atoms with Gasteiger partial charge in [0.05, 0.1) is 0 Å². The van der Waals surface area contributed by atoms with E-state index < -0.39 is 0 Å². The van der Waals surface area contributed by atoms with Crippen LogP contribution in [0.2, 0.25) is 0 Å². The molecule has 0 spiro atoms. The summed E-state index contributed by atoms with van der Waals surface area (Å²) in [6.07, 6.45) is 1.62. The molecule has 0 radical (unpaired) electrons. The van der Waals surface area contributed by atoms with Crippen LogP contribution in [0.3, 0.4) is 0 Å². The summed E-state index contributed by atoms with van der Waals surface area (Å²) < 4.78 is 2.18. The molecule has 0 aliphatic carbocycles. The van der Waals surface area contributed by atoms with Crippen LogP contribution in [0.25, 0.3) is 0 Å². The van der Waals surface area contributed by atoms with Gasteiger partial charge in [-0.05, 0) is 35.8 Å². The van der Waals surface area contributed by atoms with Gasteiger partial charge in [-0.2, -0.15) is 0 Å². The molecule has 1 rings (SSSR count). The van der Waals surface area contributed by atoms with Crippen LogP contribution in [0.4, 0.5) is 0 Å². The van der Waals surface area contributed by atoms with Crippen LogP contribution in [0, 0.1) is 0 Å². The largest absolute Gasteiger partial charge is 0.342 e. The van der Waals surface area contributed by atoms with Crippen molar-refractivity contribution in [2.45, 2.75) is 26.4 Å². The quantitative estimate of drug-likeness (QED) is 0.845. The Bertz CT molecular complexity index is 440. The number of hydrogen-bond acceptors (Lipinski definition) is 2. The molecule has 1 amide bonds. The van der Waals surface area contributed by atoms with Crippen molar-refractivity contribution >= 4 is 21.8 Å². The number of pyridine rings is 1. The van der Waals surface area contributed by atoms with E-state index in [-0.39, 0.29) is 24.1 Å². The number of likely N-dealkylation sites (N-methyl/N-ethyl adjacent to an activating group) is 1. The topological polar surface area (TPSA) is 42.3 Å². The van der Waals surface area contributed by atoms with E-state index in [1.165, 1.54) is 10.6 Å². The molecule has 0 N–H and O–H groups in total. The monoisotopic (exact) mass is 286 g/mol. The lowest BCUT2D eigenvalue weighted by Crippen LogP contribution is -2.37. The fourth-order valence-corrected chi connectivity index (χ4v) is 1.55. The Morgan fingerprint density at radius 2 is 2.12 bits per heavy atom. The SMILES string of the molecule is CC(C)N(C)C(=O)Cn1cc(Br)ccc1=O. The molecule has 0 fully saturated rings. The Kier molecular flexibility index (Phi) is 4.29. The van der Waals surface area contributed by atoms with Crippen molar-refractivity contribution < 1.29 is 4.79 Å². The lowest BCUT2D eigenvalue weighted by atomic mass is 10.3. The van der Waals surface area contributed by atoms with Gasteiger partial charge in [0.2, 0.25) is 5.91 Å². The van der Waals surface area contributed by atoms with Gasteiger partial charge in [0.15, 0.2) is 0 Å². The molecule has 0 aliphatic heterocycles. The summed E-state index contributed by atoms with van der Waals surface area (Å²) in [6.45, 7) is 3.94. The van der Waals surface area contributed by atoms with E-state index in [0.717, 1.165) is 4.47 Å². The number of aromatic nitrogens is 1. The molecule has 0 unspecified atom stereocenters. The van der Waals surface area contributed by atoms with Gasteiger partial charge < -0.3 is 9.47 Å². The van der Waals surface area contributed by atoms with Crippen molar-refractivity contribution in [3.8, 4) is 0 Å². The highest BCUT2D eigenvalue weighted by Crippen LogP contribution is 2.05. The zero-order chi connectivity index (χ0) is 12.3. The summed E-state index contributed by atoms with van der Waals surface area (Å²) in [4.78, 5) is 24.9. The minimum absolute atomic E-state index is 0.0739. The number of carbonyl (C=O) groups is 1. The van der Waals surface area contributed by atoms with Crippen molar-refractivity contribution in [1.82, 2.24) is 9.47 Å². The first kappa shape index (κ1) is 13.0. The third-order valence-electron chi connectivity index (χ3n) is 2.42. The molecule has 0 bridgehead atoms. The molecule has 0 aromatic carbocycles. The minimum atomic E-state index is -0.172. The van der Waals surface area contributed by atoms with Crippen LogP contribution in [-0.4, -0.2) is 28.5 Å². The first-order chi connectivity index (χ1) is 7.41. The maximum absolute atomic E-state index is 11.8. The lowest BCUT2D eigenvalue weighted by molar-refractivity contribution is -0.132. The zero-order valence-electron chi connectivity index (χ0n) is 9.61. The van der Waals surface area contributed by atoms with Crippen molar-refractivity contribution in [2.75, 3.05) is 7.05 Å². The molecule has 0 saturated heterocycles. The smallest absolute Gasteiger partial charge is 0.251 e. The maximum Gasteiger partial charge on any atom is 0.251 e. The molecule has 0 atom stereocenters. The van der Waals surface area contributed by atoms with Crippen LogP contribution in [0.1, 0.15) is 13.8 Å². The molecule has 0 aliphatic rings. The molecule has 88 valence electrons. The number of rotatable bonds is 3. The summed E-state index contributed by atoms with van der Waals surface area (Å²) >= 11 is 3.27. The van der Waals surface area contributed by atoms with Gasteiger partial charge in [-0.1, -0.05) is 0 Å². The second-order valence-corrected chi connectivity index (χ2v) is 4.83. The summed E-state index contributed by atoms with van der Waals surface area (Å²) in [5.41, 5.74) is -0.172. The first-order valence-corrected chi connectivity index (χ1v) is 5.82. The van der Waals surface area contributed by atoms with Crippen LogP contribution >= 0.6 is 15.9 Å². The Labute approximate surface area is 103 Å². The van der Waals surface area contributed by atoms with Crippen LogP contribution in [-0.2, 0) is 11.3 Å². The molecular formula is C11H15BrN2O2. The standard InChI is InChI=1S/C11H15BrN2O2/c1-8(2)13(3)11(16)7-14-6-9(12)4-5-10(14)15/h4-6,8H,7H2,1-3H3. The zero-order valence-corrected chi connectivity index (χ0v) is 11.2. The Balaban J connectivity index is 2.85. The van der Waals surface area contributed by atoms with E-state index >= 15 is 0 Å². The van der Waals surface area contributed by atoms with E-state index in [0.29, 0.717) is 0 Å². The van der Waals surface area contributed by atoms with Gasteiger partial charge in [0.25, 0.3) is 5.56 Å². The van der Waals surface area contributed by atoms with Crippen molar-refractivity contribution in [3.63, 3.8) is 0 Å². The molecule has 4 nitrogen and oxygen atoms in total. The second kappa shape index (κ2) is 5.30. The Morgan fingerprint density at radius 1 is 1.50 bits per heavy atom.